The summed E-state index contributed by atoms with van der Waals surface area (Å²) in [5.74, 6) is 0. The number of hydrogen-bond donors (Lipinski definition) is 0. The summed E-state index contributed by atoms with van der Waals surface area (Å²) in [6, 6.07) is 10.8. The molecule has 0 atom stereocenters. The van der Waals surface area contributed by atoms with Gasteiger partial charge in [-0.05, 0) is 0 Å². The minimum Gasteiger partial charge on any atom is -0.328 e. The van der Waals surface area contributed by atoms with E-state index >= 15 is 0 Å². The molecule has 0 heterocycles. The Bertz CT molecular complexity index is 182. The largest absolute Gasteiger partial charge is 0.328 e. The van der Waals surface area contributed by atoms with E-state index in [0.29, 0.717) is 0 Å². The van der Waals surface area contributed by atoms with Crippen molar-refractivity contribution in [2.75, 3.05) is 0 Å². The molecule has 0 spiro atoms. The fourth-order valence-corrected chi connectivity index (χ4v) is 1.19. The second kappa shape index (κ2) is 8.90. The van der Waals surface area contributed by atoms with Crippen LogP contribution in [-0.4, -0.2) is 0 Å². The average molecular weight is 249 g/mol. The van der Waals surface area contributed by atoms with Crippen molar-refractivity contribution in [2.45, 2.75) is 32.6 Å². The molecule has 1 fully saturated rings. The number of rotatable bonds is 0. The van der Waals surface area contributed by atoms with Gasteiger partial charge in [-0.3, -0.25) is 0 Å². The Balaban J connectivity index is 0.000000215. The normalized spacial score (nSPS) is 13.9. The molecular formula is C12H16Y-2. The summed E-state index contributed by atoms with van der Waals surface area (Å²) in [6.45, 7) is 2.06. The fraction of sp³-hybridized carbons (Fsp3) is 0.417. The van der Waals surface area contributed by atoms with Gasteiger partial charge in [0.15, 0.2) is 0 Å². The Hall–Kier alpha value is 0.324. The molecule has 0 aromatic heterocycles. The maximum absolute atomic E-state index is 2.93. The first kappa shape index (κ1) is 13.3. The first-order valence-electron chi connectivity index (χ1n) is 4.64. The molecule has 0 aliphatic heterocycles. The molecule has 1 aromatic carbocycles. The van der Waals surface area contributed by atoms with Crippen LogP contribution in [0.25, 0.3) is 0 Å². The van der Waals surface area contributed by atoms with Crippen LogP contribution in [0, 0.1) is 19.4 Å². The topological polar surface area (TPSA) is 0 Å². The molecule has 0 nitrogen and oxygen atoms in total. The number of hydrogen-bond acceptors (Lipinski definition) is 0. The van der Waals surface area contributed by atoms with Gasteiger partial charge in [0.25, 0.3) is 0 Å². The van der Waals surface area contributed by atoms with Crippen LogP contribution in [0.3, 0.4) is 0 Å². The third kappa shape index (κ3) is 7.40. The van der Waals surface area contributed by atoms with Gasteiger partial charge in [-0.15, -0.1) is 0 Å². The van der Waals surface area contributed by atoms with E-state index in [1.807, 2.05) is 24.3 Å². The van der Waals surface area contributed by atoms with Crippen LogP contribution < -0.4 is 0 Å². The summed E-state index contributed by atoms with van der Waals surface area (Å²) in [5, 5.41) is 0. The average Bonchev–Trinajstić information content (AvgIpc) is 2.62. The molecule has 1 heteroatoms. The van der Waals surface area contributed by atoms with Crippen LogP contribution in [0.5, 0.6) is 0 Å². The van der Waals surface area contributed by atoms with Crippen molar-refractivity contribution in [3.8, 4) is 0 Å². The van der Waals surface area contributed by atoms with E-state index in [-0.39, 0.29) is 32.7 Å². The third-order valence-electron chi connectivity index (χ3n) is 1.95. The van der Waals surface area contributed by atoms with E-state index < -0.39 is 0 Å². The summed E-state index contributed by atoms with van der Waals surface area (Å²) in [5.41, 5.74) is 1.29. The Labute approximate surface area is 107 Å². The molecule has 1 radical (unpaired) electrons. The van der Waals surface area contributed by atoms with Crippen molar-refractivity contribution >= 4 is 0 Å². The van der Waals surface area contributed by atoms with Gasteiger partial charge in [-0.1, -0.05) is 19.8 Å². The molecule has 1 saturated carbocycles. The van der Waals surface area contributed by atoms with E-state index in [0.717, 1.165) is 0 Å². The Morgan fingerprint density at radius 3 is 1.92 bits per heavy atom. The summed E-state index contributed by atoms with van der Waals surface area (Å²) in [6.07, 6.45) is 8.00. The monoisotopic (exact) mass is 249 g/mol. The van der Waals surface area contributed by atoms with E-state index in [1.165, 1.54) is 31.2 Å². The van der Waals surface area contributed by atoms with Gasteiger partial charge in [0, 0.05) is 32.7 Å². The van der Waals surface area contributed by atoms with Crippen molar-refractivity contribution in [3.63, 3.8) is 0 Å². The molecule has 0 amide bonds. The minimum atomic E-state index is 0. The third-order valence-corrected chi connectivity index (χ3v) is 1.95. The molecule has 1 aliphatic rings. The second-order valence-electron chi connectivity index (χ2n) is 3.15. The molecular weight excluding hydrogens is 233 g/mol. The standard InChI is InChI=1S/C7H7.C5H9.Y/c1-7-5-3-2-4-6-7;1-2-4-5-3-1;/h3-6H,1H3;1H,2-5H2;/q2*-1;. The van der Waals surface area contributed by atoms with Crippen molar-refractivity contribution < 1.29 is 32.7 Å². The van der Waals surface area contributed by atoms with Gasteiger partial charge in [-0.25, -0.2) is 0 Å². The van der Waals surface area contributed by atoms with E-state index in [2.05, 4.69) is 19.4 Å². The van der Waals surface area contributed by atoms with Gasteiger partial charge < -0.3 is 6.42 Å². The van der Waals surface area contributed by atoms with Crippen LogP contribution in [0.2, 0.25) is 0 Å². The van der Waals surface area contributed by atoms with Crippen LogP contribution >= 0.6 is 0 Å². The summed E-state index contributed by atoms with van der Waals surface area (Å²) in [7, 11) is 0. The van der Waals surface area contributed by atoms with E-state index in [9.17, 15) is 0 Å². The molecule has 0 unspecified atom stereocenters. The predicted octanol–water partition coefficient (Wildman–Crippen LogP) is 3.56. The van der Waals surface area contributed by atoms with Crippen LogP contribution in [0.15, 0.2) is 24.3 Å². The summed E-state index contributed by atoms with van der Waals surface area (Å²) >= 11 is 0. The van der Waals surface area contributed by atoms with Gasteiger partial charge in [-0.2, -0.15) is 48.7 Å². The zero-order valence-electron chi connectivity index (χ0n) is 8.29. The van der Waals surface area contributed by atoms with Crippen molar-refractivity contribution in [3.05, 3.63) is 42.3 Å². The smallest absolute Gasteiger partial charge is 0 e. The molecule has 1 aliphatic carbocycles. The molecule has 1 aromatic rings. The van der Waals surface area contributed by atoms with Gasteiger partial charge in [0.2, 0.25) is 0 Å². The van der Waals surface area contributed by atoms with E-state index in [1.54, 1.807) is 0 Å². The summed E-state index contributed by atoms with van der Waals surface area (Å²) in [4.78, 5) is 0. The van der Waals surface area contributed by atoms with Gasteiger partial charge in [0.1, 0.15) is 0 Å². The van der Waals surface area contributed by atoms with Crippen molar-refractivity contribution in [1.82, 2.24) is 0 Å². The first-order chi connectivity index (χ1) is 5.89. The van der Waals surface area contributed by atoms with Crippen LogP contribution in [0.4, 0.5) is 0 Å². The molecule has 69 valence electrons. The zero-order valence-corrected chi connectivity index (χ0v) is 11.1. The van der Waals surface area contributed by atoms with Gasteiger partial charge >= 0.3 is 0 Å². The quantitative estimate of drug-likeness (QED) is 0.617. The minimum absolute atomic E-state index is 0. The summed E-state index contributed by atoms with van der Waals surface area (Å²) < 4.78 is 0. The SMILES string of the molecule is Cc1cc[c-]cc1.[CH-]1CCCC1.[Y]. The molecule has 13 heavy (non-hydrogen) atoms. The van der Waals surface area contributed by atoms with Crippen LogP contribution in [-0.2, 0) is 32.7 Å². The van der Waals surface area contributed by atoms with E-state index in [4.69, 9.17) is 0 Å². The maximum atomic E-state index is 2.93. The molecule has 0 bridgehead atoms. The number of aryl methyl sites for hydroxylation is 1. The first-order valence-corrected chi connectivity index (χ1v) is 4.64. The molecule has 2 rings (SSSR count). The fourth-order valence-electron chi connectivity index (χ4n) is 1.19. The second-order valence-corrected chi connectivity index (χ2v) is 3.15. The Morgan fingerprint density at radius 2 is 1.69 bits per heavy atom. The maximum Gasteiger partial charge on any atom is 0 e. The molecule has 0 saturated heterocycles. The zero-order chi connectivity index (χ0) is 8.65. The number of benzene rings is 1. The van der Waals surface area contributed by atoms with Crippen molar-refractivity contribution in [1.29, 1.82) is 0 Å². The Morgan fingerprint density at radius 1 is 1.15 bits per heavy atom. The predicted molar refractivity (Wildman–Crippen MR) is 52.8 cm³/mol. The Kier molecular flexibility index (Phi) is 9.12. The van der Waals surface area contributed by atoms with Gasteiger partial charge in [0.05, 0.1) is 0 Å². The van der Waals surface area contributed by atoms with Crippen molar-refractivity contribution in [2.24, 2.45) is 0 Å². The van der Waals surface area contributed by atoms with Crippen LogP contribution in [0.1, 0.15) is 31.2 Å². The molecule has 0 N–H and O–H groups in total.